The number of rotatable bonds is 11. The molecule has 0 aromatic heterocycles. The van der Waals surface area contributed by atoms with Gasteiger partial charge in [-0.3, -0.25) is 4.79 Å². The second kappa shape index (κ2) is 14.6. The van der Waals surface area contributed by atoms with E-state index in [-0.39, 0.29) is 5.91 Å². The molecule has 3 aromatic rings. The van der Waals surface area contributed by atoms with Gasteiger partial charge in [-0.2, -0.15) is 0 Å². The summed E-state index contributed by atoms with van der Waals surface area (Å²) in [5, 5.41) is 8.70. The highest BCUT2D eigenvalue weighted by Gasteiger charge is 2.24. The van der Waals surface area contributed by atoms with Crippen molar-refractivity contribution in [3.63, 3.8) is 0 Å². The van der Waals surface area contributed by atoms with E-state index in [4.69, 9.17) is 9.47 Å². The van der Waals surface area contributed by atoms with Crippen LogP contribution in [0.15, 0.2) is 71.2 Å². The van der Waals surface area contributed by atoms with Gasteiger partial charge in [-0.05, 0) is 71.7 Å². The quantitative estimate of drug-likeness (QED) is 0.246. The number of methoxy groups -OCH3 is 1. The molecule has 0 aliphatic carbocycles. The highest BCUT2D eigenvalue weighted by atomic mass is 79.9. The Balaban J connectivity index is 1.49. The summed E-state index contributed by atoms with van der Waals surface area (Å²) in [6.45, 7) is 6.72. The number of anilines is 4. The highest BCUT2D eigenvalue weighted by molar-refractivity contribution is 9.10. The SMILES string of the molecule is CCOCCCNC(=O)c1cc(NC(=O)Nc2ccccc2Br)ccc1N1CCN(c2ccccc2OC)CC1. The number of halogens is 1. The Labute approximate surface area is 244 Å². The lowest BCUT2D eigenvalue weighted by molar-refractivity contribution is 0.0944. The molecule has 0 saturated carbocycles. The minimum Gasteiger partial charge on any atom is -0.495 e. The molecule has 1 heterocycles. The maximum atomic E-state index is 13.3. The average Bonchev–Trinajstić information content (AvgIpc) is 2.98. The molecule has 1 aliphatic rings. The molecule has 0 bridgehead atoms. The number of carbonyl (C=O) groups excluding carboxylic acids is 2. The molecule has 10 heteroatoms. The van der Waals surface area contributed by atoms with Crippen molar-refractivity contribution in [2.24, 2.45) is 0 Å². The molecule has 3 aromatic carbocycles. The van der Waals surface area contributed by atoms with Crippen LogP contribution in [-0.4, -0.2) is 65.0 Å². The van der Waals surface area contributed by atoms with Crippen LogP contribution in [0.4, 0.5) is 27.5 Å². The van der Waals surface area contributed by atoms with E-state index in [1.54, 1.807) is 19.2 Å². The number of para-hydroxylation sites is 3. The van der Waals surface area contributed by atoms with Gasteiger partial charge in [0.2, 0.25) is 0 Å². The van der Waals surface area contributed by atoms with Crippen molar-refractivity contribution in [1.82, 2.24) is 5.32 Å². The normalized spacial score (nSPS) is 13.1. The molecule has 9 nitrogen and oxygen atoms in total. The molecule has 0 atom stereocenters. The summed E-state index contributed by atoms with van der Waals surface area (Å²) in [5.41, 5.74) is 3.59. The van der Waals surface area contributed by atoms with Crippen LogP contribution in [0, 0.1) is 0 Å². The van der Waals surface area contributed by atoms with Crippen molar-refractivity contribution >= 4 is 50.6 Å². The van der Waals surface area contributed by atoms with Crippen LogP contribution in [0.25, 0.3) is 0 Å². The predicted octanol–water partition coefficient (Wildman–Crippen LogP) is 5.58. The Hall–Kier alpha value is -3.76. The molecule has 212 valence electrons. The first-order valence-electron chi connectivity index (χ1n) is 13.5. The molecular formula is C30H36BrN5O4. The Morgan fingerprint density at radius 2 is 1.60 bits per heavy atom. The fraction of sp³-hybridized carbons (Fsp3) is 0.333. The van der Waals surface area contributed by atoms with Crippen LogP contribution < -0.4 is 30.5 Å². The first-order valence-corrected chi connectivity index (χ1v) is 14.2. The lowest BCUT2D eigenvalue weighted by Gasteiger charge is -2.38. The van der Waals surface area contributed by atoms with E-state index in [9.17, 15) is 9.59 Å². The van der Waals surface area contributed by atoms with Gasteiger partial charge in [-0.15, -0.1) is 0 Å². The number of amides is 3. The summed E-state index contributed by atoms with van der Waals surface area (Å²) < 4.78 is 11.7. The number of piperazine rings is 1. The van der Waals surface area contributed by atoms with Crippen molar-refractivity contribution in [2.45, 2.75) is 13.3 Å². The third kappa shape index (κ3) is 7.67. The largest absolute Gasteiger partial charge is 0.495 e. The van der Waals surface area contributed by atoms with E-state index in [1.165, 1.54) is 0 Å². The van der Waals surface area contributed by atoms with E-state index in [0.717, 1.165) is 54.2 Å². The van der Waals surface area contributed by atoms with Gasteiger partial charge in [0.15, 0.2) is 0 Å². The van der Waals surface area contributed by atoms with Crippen LogP contribution in [-0.2, 0) is 4.74 Å². The average molecular weight is 611 g/mol. The van der Waals surface area contributed by atoms with Gasteiger partial charge < -0.3 is 35.2 Å². The second-order valence-electron chi connectivity index (χ2n) is 9.24. The topological polar surface area (TPSA) is 95.2 Å². The molecule has 1 fully saturated rings. The minimum atomic E-state index is -0.395. The van der Waals surface area contributed by atoms with Crippen LogP contribution >= 0.6 is 15.9 Å². The maximum absolute atomic E-state index is 13.3. The van der Waals surface area contributed by atoms with Crippen LogP contribution in [0.2, 0.25) is 0 Å². The van der Waals surface area contributed by atoms with E-state index in [0.29, 0.717) is 36.7 Å². The number of nitrogens with one attached hydrogen (secondary N) is 3. The third-order valence-electron chi connectivity index (χ3n) is 6.62. The van der Waals surface area contributed by atoms with Gasteiger partial charge in [-0.1, -0.05) is 24.3 Å². The second-order valence-corrected chi connectivity index (χ2v) is 10.1. The number of benzene rings is 3. The summed E-state index contributed by atoms with van der Waals surface area (Å²) in [6, 6.07) is 20.5. The minimum absolute atomic E-state index is 0.187. The number of hydrogen-bond donors (Lipinski definition) is 3. The molecule has 0 unspecified atom stereocenters. The molecular weight excluding hydrogens is 574 g/mol. The monoisotopic (exact) mass is 609 g/mol. The predicted molar refractivity (Wildman–Crippen MR) is 164 cm³/mol. The third-order valence-corrected chi connectivity index (χ3v) is 7.31. The Morgan fingerprint density at radius 1 is 0.900 bits per heavy atom. The molecule has 1 aliphatic heterocycles. The highest BCUT2D eigenvalue weighted by Crippen LogP contribution is 2.31. The fourth-order valence-corrected chi connectivity index (χ4v) is 5.00. The molecule has 3 amide bonds. The summed E-state index contributed by atoms with van der Waals surface area (Å²) >= 11 is 3.44. The Bertz CT molecular complexity index is 1300. The van der Waals surface area contributed by atoms with Crippen LogP contribution in [0.3, 0.4) is 0 Å². The zero-order chi connectivity index (χ0) is 28.3. The first kappa shape index (κ1) is 29.2. The van der Waals surface area contributed by atoms with Gasteiger partial charge in [0.25, 0.3) is 5.91 Å². The van der Waals surface area contributed by atoms with Gasteiger partial charge in [-0.25, -0.2) is 4.79 Å². The lowest BCUT2D eigenvalue weighted by Crippen LogP contribution is -2.47. The zero-order valence-corrected chi connectivity index (χ0v) is 24.5. The van der Waals surface area contributed by atoms with E-state index >= 15 is 0 Å². The summed E-state index contributed by atoms with van der Waals surface area (Å²) in [7, 11) is 1.68. The van der Waals surface area contributed by atoms with E-state index in [1.807, 2.05) is 55.5 Å². The number of nitrogens with zero attached hydrogens (tertiary/aromatic N) is 2. The number of urea groups is 1. The molecule has 1 saturated heterocycles. The lowest BCUT2D eigenvalue weighted by atomic mass is 10.1. The van der Waals surface area contributed by atoms with E-state index < -0.39 is 6.03 Å². The standard InChI is InChI=1S/C30H36BrN5O4/c1-3-40-20-8-15-32-29(37)23-21-22(33-30(38)34-25-10-5-4-9-24(25)31)13-14-26(23)35-16-18-36(19-17-35)27-11-6-7-12-28(27)39-2/h4-7,9-14,21H,3,8,15-20H2,1-2H3,(H,32,37)(H2,33,34,38). The molecule has 0 spiro atoms. The number of carbonyl (C=O) groups is 2. The van der Waals surface area contributed by atoms with Gasteiger partial charge in [0.05, 0.1) is 24.0 Å². The summed E-state index contributed by atoms with van der Waals surface area (Å²) in [6.07, 6.45) is 0.721. The van der Waals surface area contributed by atoms with Crippen molar-refractivity contribution < 1.29 is 19.1 Å². The van der Waals surface area contributed by atoms with Gasteiger partial charge in [0.1, 0.15) is 5.75 Å². The maximum Gasteiger partial charge on any atom is 0.323 e. The van der Waals surface area contributed by atoms with Crippen molar-refractivity contribution in [3.8, 4) is 5.75 Å². The molecule has 0 radical (unpaired) electrons. The van der Waals surface area contributed by atoms with Gasteiger partial charge in [0, 0.05) is 61.8 Å². The fourth-order valence-electron chi connectivity index (χ4n) is 4.61. The number of hydrogen-bond acceptors (Lipinski definition) is 6. The van der Waals surface area contributed by atoms with Crippen LogP contribution in [0.1, 0.15) is 23.7 Å². The smallest absolute Gasteiger partial charge is 0.323 e. The Morgan fingerprint density at radius 3 is 2.33 bits per heavy atom. The number of ether oxygens (including phenoxy) is 2. The Kier molecular flexibility index (Phi) is 10.7. The van der Waals surface area contributed by atoms with Gasteiger partial charge >= 0.3 is 6.03 Å². The molecule has 4 rings (SSSR count). The van der Waals surface area contributed by atoms with Crippen molar-refractivity contribution in [3.05, 3.63) is 76.8 Å². The molecule has 40 heavy (non-hydrogen) atoms. The first-order chi connectivity index (χ1) is 19.5. The van der Waals surface area contributed by atoms with Crippen molar-refractivity contribution in [1.29, 1.82) is 0 Å². The van der Waals surface area contributed by atoms with E-state index in [2.05, 4.69) is 47.7 Å². The summed E-state index contributed by atoms with van der Waals surface area (Å²) in [4.78, 5) is 30.6. The summed E-state index contributed by atoms with van der Waals surface area (Å²) in [5.74, 6) is 0.660. The van der Waals surface area contributed by atoms with Crippen LogP contribution in [0.5, 0.6) is 5.75 Å². The molecule has 3 N–H and O–H groups in total. The zero-order valence-electron chi connectivity index (χ0n) is 22.9. The van der Waals surface area contributed by atoms with Crippen molar-refractivity contribution in [2.75, 3.05) is 73.5 Å².